The predicted octanol–water partition coefficient (Wildman–Crippen LogP) is 1.73. The summed E-state index contributed by atoms with van der Waals surface area (Å²) in [5.74, 6) is 0.354. The van der Waals surface area contributed by atoms with Gasteiger partial charge in [-0.1, -0.05) is 6.07 Å². The summed E-state index contributed by atoms with van der Waals surface area (Å²) in [6.07, 6.45) is -0.784. The summed E-state index contributed by atoms with van der Waals surface area (Å²) in [5.41, 5.74) is 1.92. The Bertz CT molecular complexity index is 420. The van der Waals surface area contributed by atoms with Crippen molar-refractivity contribution in [2.75, 3.05) is 25.6 Å². The highest BCUT2D eigenvalue weighted by molar-refractivity contribution is 5.70. The van der Waals surface area contributed by atoms with E-state index in [0.29, 0.717) is 6.61 Å². The normalized spacial score (nSPS) is 11.8. The standard InChI is InChI=1S/C14H21NO4/c1-4-19-14(17)7-11(16)9-15-13-8-12(18-3)6-5-10(13)2/h5-6,8,11,15-16H,4,7,9H2,1-3H3. The largest absolute Gasteiger partial charge is 0.497 e. The van der Waals surface area contributed by atoms with Gasteiger partial charge in [-0.15, -0.1) is 0 Å². The fourth-order valence-corrected chi connectivity index (χ4v) is 1.63. The third-order valence-electron chi connectivity index (χ3n) is 2.68. The number of nitrogens with one attached hydrogen (secondary N) is 1. The number of hydrogen-bond acceptors (Lipinski definition) is 5. The molecule has 0 spiro atoms. The summed E-state index contributed by atoms with van der Waals surface area (Å²) >= 11 is 0. The van der Waals surface area contributed by atoms with E-state index in [4.69, 9.17) is 9.47 Å². The maximum absolute atomic E-state index is 11.2. The van der Waals surface area contributed by atoms with Crippen molar-refractivity contribution < 1.29 is 19.4 Å². The fraction of sp³-hybridized carbons (Fsp3) is 0.500. The van der Waals surface area contributed by atoms with E-state index in [1.165, 1.54) is 0 Å². The lowest BCUT2D eigenvalue weighted by atomic mass is 10.1. The Morgan fingerprint density at radius 1 is 1.47 bits per heavy atom. The Hall–Kier alpha value is -1.75. The van der Waals surface area contributed by atoms with Crippen LogP contribution in [0.25, 0.3) is 0 Å². The second-order valence-corrected chi connectivity index (χ2v) is 4.22. The molecule has 19 heavy (non-hydrogen) atoms. The highest BCUT2D eigenvalue weighted by atomic mass is 16.5. The molecule has 0 bridgehead atoms. The number of methoxy groups -OCH3 is 1. The Balaban J connectivity index is 2.49. The molecule has 1 atom stereocenters. The molecule has 0 saturated heterocycles. The zero-order chi connectivity index (χ0) is 14.3. The van der Waals surface area contributed by atoms with Crippen LogP contribution >= 0.6 is 0 Å². The molecule has 0 aromatic heterocycles. The van der Waals surface area contributed by atoms with Crippen LogP contribution in [0.2, 0.25) is 0 Å². The molecule has 0 aliphatic heterocycles. The minimum absolute atomic E-state index is 0.0101. The number of anilines is 1. The Morgan fingerprint density at radius 3 is 2.84 bits per heavy atom. The molecule has 1 rings (SSSR count). The lowest BCUT2D eigenvalue weighted by Crippen LogP contribution is -2.24. The van der Waals surface area contributed by atoms with Gasteiger partial charge in [-0.2, -0.15) is 0 Å². The first-order valence-corrected chi connectivity index (χ1v) is 6.29. The highest BCUT2D eigenvalue weighted by Gasteiger charge is 2.12. The average Bonchev–Trinajstić information content (AvgIpc) is 2.38. The van der Waals surface area contributed by atoms with E-state index < -0.39 is 6.10 Å². The van der Waals surface area contributed by atoms with Gasteiger partial charge in [0, 0.05) is 18.3 Å². The molecular formula is C14H21NO4. The molecule has 1 aromatic rings. The predicted molar refractivity (Wildman–Crippen MR) is 73.5 cm³/mol. The number of rotatable bonds is 7. The van der Waals surface area contributed by atoms with Crippen molar-refractivity contribution in [1.82, 2.24) is 0 Å². The van der Waals surface area contributed by atoms with Crippen LogP contribution in [0, 0.1) is 6.92 Å². The topological polar surface area (TPSA) is 67.8 Å². The summed E-state index contributed by atoms with van der Waals surface area (Å²) in [6.45, 7) is 4.31. The Kier molecular flexibility index (Phi) is 6.15. The van der Waals surface area contributed by atoms with Gasteiger partial charge >= 0.3 is 5.97 Å². The van der Waals surface area contributed by atoms with Crippen molar-refractivity contribution in [2.24, 2.45) is 0 Å². The molecule has 0 aliphatic carbocycles. The van der Waals surface area contributed by atoms with E-state index in [-0.39, 0.29) is 18.9 Å². The van der Waals surface area contributed by atoms with E-state index in [0.717, 1.165) is 17.0 Å². The van der Waals surface area contributed by atoms with Gasteiger partial charge in [-0.25, -0.2) is 0 Å². The molecule has 5 nitrogen and oxygen atoms in total. The van der Waals surface area contributed by atoms with Gasteiger partial charge in [0.25, 0.3) is 0 Å². The van der Waals surface area contributed by atoms with Crippen LogP contribution in [0.3, 0.4) is 0 Å². The number of carbonyl (C=O) groups excluding carboxylic acids is 1. The van der Waals surface area contributed by atoms with Crippen LogP contribution < -0.4 is 10.1 Å². The van der Waals surface area contributed by atoms with Crippen molar-refractivity contribution in [2.45, 2.75) is 26.4 Å². The second-order valence-electron chi connectivity index (χ2n) is 4.22. The molecule has 0 amide bonds. The first kappa shape index (κ1) is 15.3. The van der Waals surface area contributed by atoms with Gasteiger partial charge < -0.3 is 19.9 Å². The van der Waals surface area contributed by atoms with Gasteiger partial charge in [0.1, 0.15) is 5.75 Å². The van der Waals surface area contributed by atoms with E-state index in [9.17, 15) is 9.90 Å². The van der Waals surface area contributed by atoms with Crippen molar-refractivity contribution >= 4 is 11.7 Å². The minimum Gasteiger partial charge on any atom is -0.497 e. The molecule has 2 N–H and O–H groups in total. The van der Waals surface area contributed by atoms with E-state index in [1.54, 1.807) is 14.0 Å². The molecule has 0 fully saturated rings. The molecule has 0 saturated carbocycles. The number of benzene rings is 1. The number of ether oxygens (including phenoxy) is 2. The zero-order valence-electron chi connectivity index (χ0n) is 11.6. The number of aliphatic hydroxyl groups is 1. The van der Waals surface area contributed by atoms with Crippen LogP contribution in [0.15, 0.2) is 18.2 Å². The van der Waals surface area contributed by atoms with Crippen molar-refractivity contribution in [3.05, 3.63) is 23.8 Å². The number of aliphatic hydroxyl groups excluding tert-OH is 1. The monoisotopic (exact) mass is 267 g/mol. The number of aryl methyl sites for hydroxylation is 1. The van der Waals surface area contributed by atoms with E-state index in [1.807, 2.05) is 25.1 Å². The molecule has 0 heterocycles. The van der Waals surface area contributed by atoms with Crippen LogP contribution in [0.1, 0.15) is 18.9 Å². The average molecular weight is 267 g/mol. The number of hydrogen-bond donors (Lipinski definition) is 2. The molecular weight excluding hydrogens is 246 g/mol. The van der Waals surface area contributed by atoms with Gasteiger partial charge in [0.05, 0.1) is 26.2 Å². The molecule has 0 radical (unpaired) electrons. The Labute approximate surface area is 113 Å². The fourth-order valence-electron chi connectivity index (χ4n) is 1.63. The number of esters is 1. The highest BCUT2D eigenvalue weighted by Crippen LogP contribution is 2.21. The SMILES string of the molecule is CCOC(=O)CC(O)CNc1cc(OC)ccc1C. The van der Waals surface area contributed by atoms with E-state index >= 15 is 0 Å². The van der Waals surface area contributed by atoms with Gasteiger partial charge in [0.2, 0.25) is 0 Å². The quantitative estimate of drug-likeness (QED) is 0.736. The van der Waals surface area contributed by atoms with Gasteiger partial charge in [-0.05, 0) is 25.5 Å². The molecule has 1 aromatic carbocycles. The first-order chi connectivity index (χ1) is 9.06. The van der Waals surface area contributed by atoms with E-state index in [2.05, 4.69) is 5.32 Å². The Morgan fingerprint density at radius 2 is 2.21 bits per heavy atom. The zero-order valence-corrected chi connectivity index (χ0v) is 11.6. The first-order valence-electron chi connectivity index (χ1n) is 6.29. The lowest BCUT2D eigenvalue weighted by Gasteiger charge is -2.14. The van der Waals surface area contributed by atoms with Crippen molar-refractivity contribution in [3.63, 3.8) is 0 Å². The summed E-state index contributed by atoms with van der Waals surface area (Å²) in [5, 5.41) is 12.8. The van der Waals surface area contributed by atoms with Gasteiger partial charge in [0.15, 0.2) is 0 Å². The van der Waals surface area contributed by atoms with Crippen molar-refractivity contribution in [1.29, 1.82) is 0 Å². The van der Waals surface area contributed by atoms with Crippen LogP contribution in [-0.4, -0.2) is 37.4 Å². The minimum atomic E-state index is -0.773. The summed E-state index contributed by atoms with van der Waals surface area (Å²) in [7, 11) is 1.60. The molecule has 1 unspecified atom stereocenters. The third-order valence-corrected chi connectivity index (χ3v) is 2.68. The number of carbonyl (C=O) groups is 1. The molecule has 5 heteroatoms. The van der Waals surface area contributed by atoms with Crippen LogP contribution in [0.5, 0.6) is 5.75 Å². The molecule has 106 valence electrons. The maximum Gasteiger partial charge on any atom is 0.308 e. The van der Waals surface area contributed by atoms with Gasteiger partial charge in [-0.3, -0.25) is 4.79 Å². The summed E-state index contributed by atoms with van der Waals surface area (Å²) in [4.78, 5) is 11.2. The summed E-state index contributed by atoms with van der Waals surface area (Å²) < 4.78 is 9.91. The maximum atomic E-state index is 11.2. The third kappa shape index (κ3) is 5.18. The molecule has 0 aliphatic rings. The van der Waals surface area contributed by atoms with Crippen LogP contribution in [0.4, 0.5) is 5.69 Å². The second kappa shape index (κ2) is 7.63. The van der Waals surface area contributed by atoms with Crippen molar-refractivity contribution in [3.8, 4) is 5.75 Å². The van der Waals surface area contributed by atoms with Crippen LogP contribution in [-0.2, 0) is 9.53 Å². The smallest absolute Gasteiger partial charge is 0.308 e. The lowest BCUT2D eigenvalue weighted by molar-refractivity contribution is -0.145. The summed E-state index contributed by atoms with van der Waals surface area (Å²) in [6, 6.07) is 5.65.